The summed E-state index contributed by atoms with van der Waals surface area (Å²) in [5.74, 6) is 4.72. The number of benzene rings is 1. The molecule has 0 aromatic heterocycles. The monoisotopic (exact) mass is 205 g/mol. The molecular formula is C9H11N5O. The van der Waals surface area contributed by atoms with Gasteiger partial charge in [-0.2, -0.15) is 0 Å². The summed E-state index contributed by atoms with van der Waals surface area (Å²) in [6, 6.07) is 7.23. The molecule has 0 aliphatic rings. The predicted octanol–water partition coefficient (Wildman–Crippen LogP) is 1.03. The molecule has 0 fully saturated rings. The van der Waals surface area contributed by atoms with E-state index in [1.807, 2.05) is 12.1 Å². The van der Waals surface area contributed by atoms with Crippen molar-refractivity contribution in [2.75, 3.05) is 0 Å². The number of carbonyl (C=O) groups is 1. The molecule has 0 heterocycles. The second-order valence-electron chi connectivity index (χ2n) is 2.95. The molecular weight excluding hydrogens is 194 g/mol. The topological polar surface area (TPSA) is 104 Å². The summed E-state index contributed by atoms with van der Waals surface area (Å²) in [5.41, 5.74) is 12.0. The Morgan fingerprint density at radius 3 is 2.53 bits per heavy atom. The summed E-state index contributed by atoms with van der Waals surface area (Å²) in [6.45, 7) is 0.319. The molecule has 0 spiro atoms. The van der Waals surface area contributed by atoms with Crippen molar-refractivity contribution in [2.45, 2.75) is 13.0 Å². The van der Waals surface area contributed by atoms with Crippen LogP contribution >= 0.6 is 0 Å². The van der Waals surface area contributed by atoms with E-state index < -0.39 is 0 Å². The Bertz CT molecular complexity index is 380. The van der Waals surface area contributed by atoms with E-state index in [0.717, 1.165) is 11.1 Å². The van der Waals surface area contributed by atoms with E-state index in [1.54, 1.807) is 12.1 Å². The Balaban J connectivity index is 2.63. The Morgan fingerprint density at radius 2 is 2.00 bits per heavy atom. The smallest absolute Gasteiger partial charge is 0.238 e. The summed E-state index contributed by atoms with van der Waals surface area (Å²) in [6.07, 6.45) is 0.248. The molecule has 1 amide bonds. The van der Waals surface area contributed by atoms with E-state index in [0.29, 0.717) is 6.54 Å². The number of hydrogen-bond acceptors (Lipinski definition) is 3. The van der Waals surface area contributed by atoms with E-state index in [4.69, 9.17) is 11.4 Å². The van der Waals surface area contributed by atoms with Crippen LogP contribution in [0.1, 0.15) is 11.1 Å². The predicted molar refractivity (Wildman–Crippen MR) is 55.3 cm³/mol. The number of hydrazine groups is 1. The first-order valence-electron chi connectivity index (χ1n) is 4.34. The zero-order valence-electron chi connectivity index (χ0n) is 8.05. The molecule has 0 unspecified atom stereocenters. The molecule has 1 aromatic rings. The number of nitrogens with zero attached hydrogens (tertiary/aromatic N) is 3. The minimum Gasteiger partial charge on any atom is -0.294 e. The average Bonchev–Trinajstić information content (AvgIpc) is 2.28. The number of azide groups is 1. The van der Waals surface area contributed by atoms with E-state index in [-0.39, 0.29) is 12.3 Å². The first-order chi connectivity index (χ1) is 7.26. The molecule has 78 valence electrons. The molecule has 3 N–H and O–H groups in total. The highest BCUT2D eigenvalue weighted by atomic mass is 16.2. The third-order valence-corrected chi connectivity index (χ3v) is 1.87. The van der Waals surface area contributed by atoms with Gasteiger partial charge in [-0.25, -0.2) is 5.84 Å². The fraction of sp³-hybridized carbons (Fsp3) is 0.222. The lowest BCUT2D eigenvalue weighted by Gasteiger charge is -2.01. The van der Waals surface area contributed by atoms with Crippen LogP contribution in [-0.4, -0.2) is 5.91 Å². The van der Waals surface area contributed by atoms with Crippen LogP contribution in [0.5, 0.6) is 0 Å². The summed E-state index contributed by atoms with van der Waals surface area (Å²) < 4.78 is 0. The molecule has 6 heteroatoms. The van der Waals surface area contributed by atoms with E-state index in [2.05, 4.69) is 15.5 Å². The fourth-order valence-corrected chi connectivity index (χ4v) is 1.11. The Hall–Kier alpha value is -2.04. The summed E-state index contributed by atoms with van der Waals surface area (Å²) in [7, 11) is 0. The highest BCUT2D eigenvalue weighted by Gasteiger charge is 2.00. The molecule has 15 heavy (non-hydrogen) atoms. The average molecular weight is 205 g/mol. The normalized spacial score (nSPS) is 9.13. The second kappa shape index (κ2) is 5.64. The van der Waals surface area contributed by atoms with Crippen molar-refractivity contribution in [1.82, 2.24) is 5.43 Å². The van der Waals surface area contributed by atoms with Crippen molar-refractivity contribution in [3.8, 4) is 0 Å². The van der Waals surface area contributed by atoms with Gasteiger partial charge in [0.1, 0.15) is 0 Å². The van der Waals surface area contributed by atoms with Crippen molar-refractivity contribution >= 4 is 5.91 Å². The Labute approximate surface area is 86.7 Å². The number of nitrogens with one attached hydrogen (secondary N) is 1. The molecule has 0 atom stereocenters. The molecule has 0 radical (unpaired) electrons. The van der Waals surface area contributed by atoms with Gasteiger partial charge in [-0.15, -0.1) is 0 Å². The van der Waals surface area contributed by atoms with Gasteiger partial charge in [0.25, 0.3) is 0 Å². The number of carbonyl (C=O) groups excluding carboxylic acids is 1. The molecule has 1 rings (SSSR count). The van der Waals surface area contributed by atoms with Crippen LogP contribution in [0.3, 0.4) is 0 Å². The third kappa shape index (κ3) is 3.68. The van der Waals surface area contributed by atoms with Gasteiger partial charge in [0.05, 0.1) is 13.0 Å². The fourth-order valence-electron chi connectivity index (χ4n) is 1.11. The van der Waals surface area contributed by atoms with Crippen LogP contribution in [0.25, 0.3) is 10.4 Å². The molecule has 0 saturated heterocycles. The molecule has 0 saturated carbocycles. The second-order valence-corrected chi connectivity index (χ2v) is 2.95. The van der Waals surface area contributed by atoms with Crippen LogP contribution in [0.4, 0.5) is 0 Å². The molecule has 0 bridgehead atoms. The number of nitrogens with two attached hydrogens (primary N) is 1. The highest BCUT2D eigenvalue weighted by molar-refractivity contribution is 5.77. The van der Waals surface area contributed by atoms with Gasteiger partial charge in [-0.05, 0) is 16.7 Å². The van der Waals surface area contributed by atoms with E-state index in [1.165, 1.54) is 0 Å². The number of amides is 1. The minimum atomic E-state index is -0.238. The SMILES string of the molecule is [N-]=[N+]=NCc1ccc(CC(=O)NN)cc1. The summed E-state index contributed by atoms with van der Waals surface area (Å²) >= 11 is 0. The van der Waals surface area contributed by atoms with Crippen LogP contribution in [0, 0.1) is 0 Å². The zero-order valence-corrected chi connectivity index (χ0v) is 8.05. The lowest BCUT2D eigenvalue weighted by atomic mass is 10.1. The lowest BCUT2D eigenvalue weighted by Crippen LogP contribution is -2.31. The maximum absolute atomic E-state index is 10.9. The third-order valence-electron chi connectivity index (χ3n) is 1.87. The van der Waals surface area contributed by atoms with Crippen LogP contribution in [0.15, 0.2) is 29.4 Å². The first-order valence-corrected chi connectivity index (χ1v) is 4.34. The first kappa shape index (κ1) is 11.0. The van der Waals surface area contributed by atoms with Crippen LogP contribution in [-0.2, 0) is 17.8 Å². The van der Waals surface area contributed by atoms with Gasteiger partial charge in [0.2, 0.25) is 5.91 Å². The number of rotatable bonds is 4. The molecule has 0 aliphatic heterocycles. The Morgan fingerprint density at radius 1 is 1.40 bits per heavy atom. The van der Waals surface area contributed by atoms with Gasteiger partial charge in [0.15, 0.2) is 0 Å². The van der Waals surface area contributed by atoms with Crippen molar-refractivity contribution in [3.05, 3.63) is 45.8 Å². The van der Waals surface area contributed by atoms with Crippen molar-refractivity contribution in [2.24, 2.45) is 11.0 Å². The summed E-state index contributed by atoms with van der Waals surface area (Å²) in [5, 5.41) is 3.43. The molecule has 0 aliphatic carbocycles. The van der Waals surface area contributed by atoms with Gasteiger partial charge in [-0.1, -0.05) is 29.4 Å². The highest BCUT2D eigenvalue weighted by Crippen LogP contribution is 2.06. The standard InChI is InChI=1S/C9H11N5O/c10-13-9(15)5-7-1-3-8(4-2-7)6-12-14-11/h1-4H,5-6,10H2,(H,13,15). The lowest BCUT2D eigenvalue weighted by molar-refractivity contribution is -0.120. The van der Waals surface area contributed by atoms with Crippen LogP contribution in [0.2, 0.25) is 0 Å². The van der Waals surface area contributed by atoms with Crippen molar-refractivity contribution in [1.29, 1.82) is 0 Å². The largest absolute Gasteiger partial charge is 0.294 e. The van der Waals surface area contributed by atoms with E-state index in [9.17, 15) is 4.79 Å². The Kier molecular flexibility index (Phi) is 4.15. The molecule has 1 aromatic carbocycles. The van der Waals surface area contributed by atoms with Crippen molar-refractivity contribution < 1.29 is 4.79 Å². The summed E-state index contributed by atoms with van der Waals surface area (Å²) in [4.78, 5) is 13.6. The van der Waals surface area contributed by atoms with Crippen molar-refractivity contribution in [3.63, 3.8) is 0 Å². The maximum Gasteiger partial charge on any atom is 0.238 e. The van der Waals surface area contributed by atoms with Gasteiger partial charge in [0, 0.05) is 4.91 Å². The minimum absolute atomic E-state index is 0.238. The zero-order chi connectivity index (χ0) is 11.1. The van der Waals surface area contributed by atoms with Crippen LogP contribution < -0.4 is 11.3 Å². The van der Waals surface area contributed by atoms with Gasteiger partial charge < -0.3 is 0 Å². The molecule has 6 nitrogen and oxygen atoms in total. The number of hydrogen-bond donors (Lipinski definition) is 2. The maximum atomic E-state index is 10.9. The van der Waals surface area contributed by atoms with E-state index >= 15 is 0 Å². The van der Waals surface area contributed by atoms with Gasteiger partial charge >= 0.3 is 0 Å². The van der Waals surface area contributed by atoms with Gasteiger partial charge in [-0.3, -0.25) is 10.2 Å². The quantitative estimate of drug-likeness (QED) is 0.191.